The number of allylic oxidation sites excluding steroid dienone is 2. The molecule has 5 nitrogen and oxygen atoms in total. The van der Waals surface area contributed by atoms with Gasteiger partial charge in [0.25, 0.3) is 11.6 Å². The van der Waals surface area contributed by atoms with Crippen molar-refractivity contribution in [3.63, 3.8) is 0 Å². The van der Waals surface area contributed by atoms with Gasteiger partial charge >= 0.3 is 29.1 Å². The minimum Gasteiger partial charge on any atom is -0.651 e. The van der Waals surface area contributed by atoms with E-state index in [2.05, 4.69) is 10.6 Å². The summed E-state index contributed by atoms with van der Waals surface area (Å²) >= 11 is 2.08. The smallest absolute Gasteiger partial charge is 0.651 e. The Bertz CT molecular complexity index is 1230. The summed E-state index contributed by atoms with van der Waals surface area (Å²) in [6, 6.07) is 10.3. The maximum absolute atomic E-state index is 12.1. The van der Waals surface area contributed by atoms with E-state index in [1.807, 2.05) is 13.0 Å². The minimum atomic E-state index is -4.87. The van der Waals surface area contributed by atoms with E-state index in [-0.39, 0.29) is 26.8 Å². The van der Waals surface area contributed by atoms with Gasteiger partial charge in [0.15, 0.2) is 0 Å². The molecule has 193 valence electrons. The van der Waals surface area contributed by atoms with Crippen LogP contribution in [0.3, 0.4) is 0 Å². The third-order valence-electron chi connectivity index (χ3n) is 4.24. The zero-order valence-electron chi connectivity index (χ0n) is 18.2. The Labute approximate surface area is 220 Å². The van der Waals surface area contributed by atoms with Crippen molar-refractivity contribution in [3.05, 3.63) is 74.8 Å². The fraction of sp³-hybridized carbons (Fsp3) is 0.182. The molecule has 2 aromatic rings. The molecule has 0 spiro atoms. The molecule has 36 heavy (non-hydrogen) atoms. The Morgan fingerprint density at radius 1 is 0.806 bits per heavy atom. The van der Waals surface area contributed by atoms with E-state index in [9.17, 15) is 35.9 Å². The summed E-state index contributed by atoms with van der Waals surface area (Å²) in [6.07, 6.45) is -8.68. The van der Waals surface area contributed by atoms with Crippen molar-refractivity contribution in [3.8, 4) is 5.75 Å². The van der Waals surface area contributed by atoms with Gasteiger partial charge in [-0.2, -0.15) is 26.3 Å². The summed E-state index contributed by atoms with van der Waals surface area (Å²) in [5.41, 5.74) is 2.08. The van der Waals surface area contributed by atoms with Gasteiger partial charge in [0, 0.05) is 0 Å². The van der Waals surface area contributed by atoms with E-state index in [1.54, 1.807) is 30.3 Å². The monoisotopic (exact) mass is 591 g/mol. The van der Waals surface area contributed by atoms with Crippen molar-refractivity contribution in [2.75, 3.05) is 7.11 Å². The number of carbonyl (C=O) groups is 2. The molecule has 2 heterocycles. The Kier molecular flexibility index (Phi) is 9.62. The molecular formula is C22H14CoF6N2O3S2. The number of hydrogen-bond donors (Lipinski definition) is 0. The summed E-state index contributed by atoms with van der Waals surface area (Å²) in [4.78, 5) is 23.0. The molecule has 0 N–H and O–H groups in total. The van der Waals surface area contributed by atoms with Crippen LogP contribution in [-0.4, -0.2) is 31.0 Å². The molecule has 2 aliphatic heterocycles. The normalized spacial score (nSPS) is 16.1. The van der Waals surface area contributed by atoms with Gasteiger partial charge in [0.05, 0.1) is 7.11 Å². The third-order valence-corrected chi connectivity index (χ3v) is 6.21. The second-order valence-electron chi connectivity index (χ2n) is 6.92. The number of hydrogen-bond acceptors (Lipinski definition) is 5. The molecule has 1 radical (unpaired) electrons. The minimum absolute atomic E-state index is 0. The number of ketones is 2. The number of fused-ring (bicyclic) bond motifs is 2. The molecule has 0 atom stereocenters. The van der Waals surface area contributed by atoms with E-state index in [0.29, 0.717) is 34.2 Å². The molecule has 0 aliphatic carbocycles. The molecular weight excluding hydrogens is 577 g/mol. The fourth-order valence-electron chi connectivity index (χ4n) is 2.62. The third kappa shape index (κ3) is 7.72. The van der Waals surface area contributed by atoms with Crippen molar-refractivity contribution < 1.29 is 57.4 Å². The van der Waals surface area contributed by atoms with Crippen LogP contribution in [0, 0.1) is 6.92 Å². The van der Waals surface area contributed by atoms with Crippen LogP contribution < -0.4 is 4.74 Å². The molecule has 0 saturated heterocycles. The van der Waals surface area contributed by atoms with E-state index in [4.69, 9.17) is 4.74 Å². The number of halogens is 6. The van der Waals surface area contributed by atoms with Crippen LogP contribution in [0.1, 0.15) is 5.56 Å². The quantitative estimate of drug-likeness (QED) is 0.269. The number of ether oxygens (including phenoxy) is 1. The zero-order chi connectivity index (χ0) is 26.0. The predicted molar refractivity (Wildman–Crippen MR) is 120 cm³/mol. The molecule has 0 bridgehead atoms. The first-order valence-electron chi connectivity index (χ1n) is 9.50. The van der Waals surface area contributed by atoms with Crippen LogP contribution in [0.25, 0.3) is 10.6 Å². The van der Waals surface area contributed by atoms with Gasteiger partial charge < -0.3 is 15.4 Å². The van der Waals surface area contributed by atoms with E-state index >= 15 is 0 Å². The topological polar surface area (TPSA) is 71.6 Å². The molecule has 0 aromatic heterocycles. The molecule has 0 unspecified atom stereocenters. The summed E-state index contributed by atoms with van der Waals surface area (Å²) < 4.78 is 77.4. The van der Waals surface area contributed by atoms with Crippen molar-refractivity contribution in [2.24, 2.45) is 0 Å². The van der Waals surface area contributed by atoms with Crippen LogP contribution in [0.5, 0.6) is 5.75 Å². The Balaban J connectivity index is 0.000000247. The molecule has 2 aliphatic rings. The number of nitrogens with zero attached hydrogens (tertiary/aromatic N) is 2. The van der Waals surface area contributed by atoms with E-state index in [1.165, 1.54) is 7.11 Å². The van der Waals surface area contributed by atoms with Gasteiger partial charge in [0.2, 0.25) is 0 Å². The molecule has 14 heteroatoms. The van der Waals surface area contributed by atoms with Gasteiger partial charge in [-0.15, -0.1) is 34.9 Å². The number of thioether (sulfide) groups is 2. The van der Waals surface area contributed by atoms with Crippen molar-refractivity contribution >= 4 is 46.5 Å². The number of rotatable bonds is 3. The number of methoxy groups -OCH3 is 1. The van der Waals surface area contributed by atoms with Crippen molar-refractivity contribution in [1.29, 1.82) is 0 Å². The first kappa shape index (κ1) is 29.7. The molecule has 0 saturated carbocycles. The maximum Gasteiger partial charge on any atom is 2.00 e. The number of alkyl halides is 6. The van der Waals surface area contributed by atoms with Crippen LogP contribution in [-0.2, 0) is 26.4 Å². The number of carbonyl (C=O) groups excluding carboxylic acids is 2. The van der Waals surface area contributed by atoms with Crippen molar-refractivity contribution in [1.82, 2.24) is 0 Å². The zero-order valence-corrected chi connectivity index (χ0v) is 20.8. The second-order valence-corrected chi connectivity index (χ2v) is 9.05. The standard InChI is InChI=1S/C11H8F3NO2S.C11H8F3NOS.Co/c1-17-6-2-3-8-7(4-6)15-10(18-8)5-9(16)11(12,13)14;1-6-2-3-8-7(4-6)15-10(17-8)5-9(16)11(12,13)14;/h2-5H,1H3,(H,15,16);2-5H,1H3,(H,15,16);/q;;+2/p-2. The second kappa shape index (κ2) is 11.7. The van der Waals surface area contributed by atoms with Gasteiger partial charge in [0.1, 0.15) is 5.75 Å². The predicted octanol–water partition coefficient (Wildman–Crippen LogP) is 7.86. The number of aryl methyl sites for hydroxylation is 1. The van der Waals surface area contributed by atoms with E-state index in [0.717, 1.165) is 34.0 Å². The Morgan fingerprint density at radius 2 is 1.25 bits per heavy atom. The SMILES string of the molecule is COc1ccc2c(c1)[N-]/C(=C\C(=O)C(F)(F)F)S2.Cc1ccc2c(c1)[N-]/C(=C\C(=O)C(F)(F)F)S2.[Co+2]. The number of benzene rings is 2. The van der Waals surface area contributed by atoms with Crippen LogP contribution in [0.15, 0.2) is 68.4 Å². The maximum atomic E-state index is 12.1. The average Bonchev–Trinajstić information content (AvgIpc) is 3.34. The van der Waals surface area contributed by atoms with Gasteiger partial charge in [-0.3, -0.25) is 9.59 Å². The van der Waals surface area contributed by atoms with Crippen LogP contribution in [0.4, 0.5) is 37.7 Å². The first-order chi connectivity index (χ1) is 16.3. The molecule has 0 fully saturated rings. The van der Waals surface area contributed by atoms with Crippen molar-refractivity contribution in [2.45, 2.75) is 29.1 Å². The van der Waals surface area contributed by atoms with Gasteiger partial charge in [-0.05, 0) is 53.1 Å². The summed E-state index contributed by atoms with van der Waals surface area (Å²) in [5, 5.41) is 8.01. The summed E-state index contributed by atoms with van der Waals surface area (Å²) in [5.74, 6) is -3.23. The van der Waals surface area contributed by atoms with E-state index < -0.39 is 23.9 Å². The Hall–Kier alpha value is -2.55. The largest absolute Gasteiger partial charge is 2.00 e. The van der Waals surface area contributed by atoms with Crippen LogP contribution in [0.2, 0.25) is 0 Å². The molecule has 2 aromatic carbocycles. The molecule has 4 rings (SSSR count). The molecule has 0 amide bonds. The Morgan fingerprint density at radius 3 is 1.69 bits per heavy atom. The fourth-order valence-corrected chi connectivity index (χ4v) is 4.38. The van der Waals surface area contributed by atoms with Crippen LogP contribution >= 0.6 is 23.5 Å². The van der Waals surface area contributed by atoms with Gasteiger partial charge in [-0.25, -0.2) is 0 Å². The first-order valence-corrected chi connectivity index (χ1v) is 11.1. The van der Waals surface area contributed by atoms with Gasteiger partial charge in [-0.1, -0.05) is 27.8 Å². The summed E-state index contributed by atoms with van der Waals surface area (Å²) in [6.45, 7) is 1.86. The average molecular weight is 591 g/mol. The summed E-state index contributed by atoms with van der Waals surface area (Å²) in [7, 11) is 1.48.